The lowest BCUT2D eigenvalue weighted by Gasteiger charge is -2.14. The largest absolute Gasteiger partial charge is 0.277 e. The Morgan fingerprint density at radius 1 is 0.541 bits per heavy atom. The first kappa shape index (κ1) is 22.6. The Bertz CT molecular complexity index is 1640. The Kier molecular flexibility index (Phi) is 5.12. The molecule has 180 valence electrons. The van der Waals surface area contributed by atoms with E-state index in [1.54, 1.807) is 48.5 Å². The minimum atomic E-state index is -0.389. The number of rotatable bonds is 4. The van der Waals surface area contributed by atoms with E-state index in [1.807, 2.05) is 12.1 Å². The second kappa shape index (κ2) is 8.38. The zero-order chi connectivity index (χ0) is 25.8. The molecule has 6 rings (SSSR count). The van der Waals surface area contributed by atoms with Crippen LogP contribution in [0, 0.1) is 6.92 Å². The van der Waals surface area contributed by atoms with E-state index in [4.69, 9.17) is 0 Å². The van der Waals surface area contributed by atoms with Gasteiger partial charge in [0.25, 0.3) is 23.6 Å². The van der Waals surface area contributed by atoms with Gasteiger partial charge in [-0.1, -0.05) is 54.1 Å². The van der Waals surface area contributed by atoms with Gasteiger partial charge in [-0.3, -0.25) is 24.1 Å². The summed E-state index contributed by atoms with van der Waals surface area (Å²) in [6.07, 6.45) is 0.761. The molecule has 0 fully saturated rings. The number of fused-ring (bicyclic) bond motifs is 2. The van der Waals surface area contributed by atoms with Crippen LogP contribution in [0.4, 0.5) is 5.69 Å². The first-order valence-corrected chi connectivity index (χ1v) is 12.0. The number of nitrogens with zero attached hydrogens (tertiary/aromatic N) is 2. The van der Waals surface area contributed by atoms with Crippen LogP contribution in [0.15, 0.2) is 84.9 Å². The van der Waals surface area contributed by atoms with E-state index >= 15 is 0 Å². The third-order valence-electron chi connectivity index (χ3n) is 7.03. The maximum atomic E-state index is 13.3. The van der Waals surface area contributed by atoms with Gasteiger partial charge in [0.1, 0.15) is 0 Å². The number of anilines is 1. The standard InChI is InChI=1S/C31H22N2O4/c1-18-3-5-19(6-4-18)15-20-7-11-23(12-8-20)33-30(36)25-14-10-22(17-27(25)31(33)37)21-9-13-24-26(16-21)29(35)32(2)28(24)34/h3-14,16-17H,15H2,1-2H3. The highest BCUT2D eigenvalue weighted by Crippen LogP contribution is 2.33. The van der Waals surface area contributed by atoms with Crippen molar-refractivity contribution in [2.24, 2.45) is 0 Å². The predicted octanol–water partition coefficient (Wildman–Crippen LogP) is 5.28. The smallest absolute Gasteiger partial charge is 0.266 e. The summed E-state index contributed by atoms with van der Waals surface area (Å²) in [5, 5.41) is 0. The quantitative estimate of drug-likeness (QED) is 0.368. The zero-order valence-electron chi connectivity index (χ0n) is 20.3. The molecule has 0 bridgehead atoms. The third kappa shape index (κ3) is 3.65. The van der Waals surface area contributed by atoms with E-state index in [9.17, 15) is 19.2 Å². The molecule has 0 radical (unpaired) electrons. The highest BCUT2D eigenvalue weighted by atomic mass is 16.2. The molecule has 4 amide bonds. The van der Waals surface area contributed by atoms with Crippen molar-refractivity contribution in [1.82, 2.24) is 4.90 Å². The van der Waals surface area contributed by atoms with Crippen LogP contribution in [0.1, 0.15) is 58.1 Å². The van der Waals surface area contributed by atoms with Gasteiger partial charge in [0.15, 0.2) is 0 Å². The fourth-order valence-electron chi connectivity index (χ4n) is 4.90. The molecule has 0 saturated heterocycles. The van der Waals surface area contributed by atoms with Gasteiger partial charge in [0, 0.05) is 7.05 Å². The van der Waals surface area contributed by atoms with Crippen LogP contribution < -0.4 is 4.90 Å². The Balaban J connectivity index is 1.27. The van der Waals surface area contributed by atoms with E-state index in [0.29, 0.717) is 39.1 Å². The molecule has 2 aliphatic heterocycles. The summed E-state index contributed by atoms with van der Waals surface area (Å²) < 4.78 is 0. The van der Waals surface area contributed by atoms with Gasteiger partial charge in [-0.2, -0.15) is 0 Å². The fraction of sp³-hybridized carbons (Fsp3) is 0.0968. The number of benzene rings is 4. The Hall–Kier alpha value is -4.84. The summed E-state index contributed by atoms with van der Waals surface area (Å²) in [7, 11) is 1.45. The summed E-state index contributed by atoms with van der Waals surface area (Å²) in [5.41, 5.74) is 6.73. The fourth-order valence-corrected chi connectivity index (χ4v) is 4.90. The summed E-state index contributed by atoms with van der Waals surface area (Å²) in [6.45, 7) is 2.05. The molecule has 4 aromatic rings. The molecule has 6 heteroatoms. The molecule has 0 unspecified atom stereocenters. The molecular formula is C31H22N2O4. The minimum absolute atomic E-state index is 0.311. The first-order valence-electron chi connectivity index (χ1n) is 12.0. The molecule has 0 aromatic heterocycles. The van der Waals surface area contributed by atoms with Gasteiger partial charge in [0.2, 0.25) is 0 Å². The molecule has 0 N–H and O–H groups in total. The Morgan fingerprint density at radius 3 is 1.59 bits per heavy atom. The second-order valence-electron chi connectivity index (χ2n) is 9.46. The summed E-state index contributed by atoms with van der Waals surface area (Å²) in [5.74, 6) is -1.44. The number of imide groups is 2. The van der Waals surface area contributed by atoms with Gasteiger partial charge in [0.05, 0.1) is 27.9 Å². The molecule has 2 aliphatic rings. The van der Waals surface area contributed by atoms with E-state index in [-0.39, 0.29) is 23.6 Å². The van der Waals surface area contributed by atoms with Crippen LogP contribution in [0.3, 0.4) is 0 Å². The van der Waals surface area contributed by atoms with Crippen molar-refractivity contribution in [3.8, 4) is 11.1 Å². The predicted molar refractivity (Wildman–Crippen MR) is 140 cm³/mol. The summed E-state index contributed by atoms with van der Waals surface area (Å²) in [6, 6.07) is 25.9. The zero-order valence-corrected chi connectivity index (χ0v) is 20.3. The van der Waals surface area contributed by atoms with Crippen molar-refractivity contribution < 1.29 is 19.2 Å². The van der Waals surface area contributed by atoms with Crippen LogP contribution in [0.2, 0.25) is 0 Å². The molecule has 0 atom stereocenters. The van der Waals surface area contributed by atoms with E-state index in [0.717, 1.165) is 16.9 Å². The van der Waals surface area contributed by atoms with Crippen molar-refractivity contribution in [3.05, 3.63) is 124 Å². The Labute approximate surface area is 213 Å². The molecular weight excluding hydrogens is 464 g/mol. The first-order chi connectivity index (χ1) is 17.8. The van der Waals surface area contributed by atoms with Crippen molar-refractivity contribution in [2.45, 2.75) is 13.3 Å². The van der Waals surface area contributed by atoms with E-state index in [1.165, 1.54) is 23.1 Å². The van der Waals surface area contributed by atoms with E-state index in [2.05, 4.69) is 31.2 Å². The molecule has 37 heavy (non-hydrogen) atoms. The number of carbonyl (C=O) groups excluding carboxylic acids is 4. The number of aryl methyl sites for hydroxylation is 1. The van der Waals surface area contributed by atoms with Crippen LogP contribution >= 0.6 is 0 Å². The summed E-state index contributed by atoms with van der Waals surface area (Å²) >= 11 is 0. The lowest BCUT2D eigenvalue weighted by molar-refractivity contribution is 0.0692. The maximum Gasteiger partial charge on any atom is 0.266 e. The van der Waals surface area contributed by atoms with Crippen molar-refractivity contribution >= 4 is 29.3 Å². The van der Waals surface area contributed by atoms with Gasteiger partial charge in [-0.15, -0.1) is 0 Å². The van der Waals surface area contributed by atoms with Crippen molar-refractivity contribution in [3.63, 3.8) is 0 Å². The van der Waals surface area contributed by atoms with Crippen LogP contribution in [-0.2, 0) is 6.42 Å². The minimum Gasteiger partial charge on any atom is -0.277 e. The molecule has 0 aliphatic carbocycles. The Morgan fingerprint density at radius 2 is 1.00 bits per heavy atom. The third-order valence-corrected chi connectivity index (χ3v) is 7.03. The lowest BCUT2D eigenvalue weighted by atomic mass is 9.97. The van der Waals surface area contributed by atoms with Gasteiger partial charge in [-0.05, 0) is 72.0 Å². The normalized spacial score (nSPS) is 14.4. The SMILES string of the molecule is Cc1ccc(Cc2ccc(N3C(=O)c4ccc(-c5ccc6c(c5)C(=O)N(C)C6=O)cc4C3=O)cc2)cc1. The van der Waals surface area contributed by atoms with Gasteiger partial charge >= 0.3 is 0 Å². The number of amides is 4. The average molecular weight is 487 g/mol. The molecule has 2 heterocycles. The van der Waals surface area contributed by atoms with Crippen molar-refractivity contribution in [2.75, 3.05) is 11.9 Å². The van der Waals surface area contributed by atoms with Crippen molar-refractivity contribution in [1.29, 1.82) is 0 Å². The number of hydrogen-bond donors (Lipinski definition) is 0. The average Bonchev–Trinajstić information content (AvgIpc) is 3.29. The number of carbonyl (C=O) groups is 4. The molecule has 6 nitrogen and oxygen atoms in total. The van der Waals surface area contributed by atoms with Crippen LogP contribution in [-0.4, -0.2) is 35.6 Å². The van der Waals surface area contributed by atoms with Gasteiger partial charge < -0.3 is 0 Å². The second-order valence-corrected chi connectivity index (χ2v) is 9.46. The van der Waals surface area contributed by atoms with Crippen LogP contribution in [0.5, 0.6) is 0 Å². The molecule has 4 aromatic carbocycles. The monoisotopic (exact) mass is 486 g/mol. The topological polar surface area (TPSA) is 74.8 Å². The number of hydrogen-bond acceptors (Lipinski definition) is 4. The maximum absolute atomic E-state index is 13.3. The summed E-state index contributed by atoms with van der Waals surface area (Å²) in [4.78, 5) is 53.4. The van der Waals surface area contributed by atoms with E-state index < -0.39 is 0 Å². The van der Waals surface area contributed by atoms with Gasteiger partial charge in [-0.25, -0.2) is 4.90 Å². The molecule has 0 saturated carbocycles. The highest BCUT2D eigenvalue weighted by molar-refractivity contribution is 6.34. The van der Waals surface area contributed by atoms with Crippen LogP contribution in [0.25, 0.3) is 11.1 Å². The highest BCUT2D eigenvalue weighted by Gasteiger charge is 2.37. The molecule has 0 spiro atoms. The lowest BCUT2D eigenvalue weighted by Crippen LogP contribution is -2.29.